The van der Waals surface area contributed by atoms with Crippen molar-refractivity contribution in [1.29, 1.82) is 0 Å². The minimum atomic E-state index is 0. The van der Waals surface area contributed by atoms with Gasteiger partial charge in [-0.15, -0.1) is 77.4 Å². The van der Waals surface area contributed by atoms with Gasteiger partial charge in [0, 0.05) is 32.5 Å². The molecule has 3 heteroatoms. The third-order valence-corrected chi connectivity index (χ3v) is 5.58. The van der Waals surface area contributed by atoms with Crippen LogP contribution in [0.3, 0.4) is 0 Å². The van der Waals surface area contributed by atoms with Crippen molar-refractivity contribution in [2.24, 2.45) is 0 Å². The van der Waals surface area contributed by atoms with E-state index < -0.39 is 0 Å². The summed E-state index contributed by atoms with van der Waals surface area (Å²) >= 11 is 0. The number of hydrogen-bond acceptors (Lipinski definition) is 2. The Kier molecular flexibility index (Phi) is 11.8. The van der Waals surface area contributed by atoms with E-state index in [1.54, 1.807) is 0 Å². The first kappa shape index (κ1) is 28.4. The molecule has 0 bridgehead atoms. The van der Waals surface area contributed by atoms with Crippen molar-refractivity contribution in [2.45, 2.75) is 52.9 Å². The van der Waals surface area contributed by atoms with Crippen LogP contribution >= 0.6 is 0 Å². The predicted molar refractivity (Wildman–Crippen MR) is 144 cm³/mol. The summed E-state index contributed by atoms with van der Waals surface area (Å²) in [6.45, 7) is 12.4. The van der Waals surface area contributed by atoms with Gasteiger partial charge in [0.2, 0.25) is 0 Å². The molecule has 0 fully saturated rings. The average Bonchev–Trinajstić information content (AvgIpc) is 2.86. The molecule has 183 valence electrons. The Morgan fingerprint density at radius 1 is 0.886 bits per heavy atom. The maximum atomic E-state index is 4.44. The first-order chi connectivity index (χ1) is 16.5. The van der Waals surface area contributed by atoms with Crippen LogP contribution in [0.15, 0.2) is 85.7 Å². The fraction of sp³-hybridized carbons (Fsp3) is 0.250. The zero-order chi connectivity index (χ0) is 24.3. The summed E-state index contributed by atoms with van der Waals surface area (Å²) in [7, 11) is 0. The van der Waals surface area contributed by atoms with Gasteiger partial charge in [0.1, 0.15) is 0 Å². The molecule has 4 aromatic rings. The van der Waals surface area contributed by atoms with Crippen LogP contribution in [-0.4, -0.2) is 9.97 Å². The minimum absolute atomic E-state index is 0. The Labute approximate surface area is 224 Å². The second kappa shape index (κ2) is 14.5. The largest absolute Gasteiger partial charge is 0.305 e. The second-order valence-electron chi connectivity index (χ2n) is 8.81. The molecule has 1 radical (unpaired) electrons. The molecule has 2 aromatic heterocycles. The molecule has 0 unspecified atom stereocenters. The molecular formula is C32H34IrN2-2. The summed E-state index contributed by atoms with van der Waals surface area (Å²) in [5.41, 5.74) is 9.25. The van der Waals surface area contributed by atoms with E-state index in [1.807, 2.05) is 30.6 Å². The minimum Gasteiger partial charge on any atom is -0.305 e. The molecule has 35 heavy (non-hydrogen) atoms. The van der Waals surface area contributed by atoms with Crippen LogP contribution in [0.25, 0.3) is 22.5 Å². The Bertz CT molecular complexity index is 1200. The zero-order valence-electron chi connectivity index (χ0n) is 21.1. The fourth-order valence-electron chi connectivity index (χ4n) is 3.65. The monoisotopic (exact) mass is 639 g/mol. The Morgan fingerprint density at radius 2 is 1.63 bits per heavy atom. The normalized spacial score (nSPS) is 10.2. The van der Waals surface area contributed by atoms with Gasteiger partial charge in [-0.3, -0.25) is 0 Å². The van der Waals surface area contributed by atoms with E-state index in [2.05, 4.69) is 105 Å². The summed E-state index contributed by atoms with van der Waals surface area (Å²) in [4.78, 5) is 8.79. The van der Waals surface area contributed by atoms with Crippen molar-refractivity contribution >= 4 is 0 Å². The number of hydrogen-bond donors (Lipinski definition) is 0. The van der Waals surface area contributed by atoms with E-state index in [0.717, 1.165) is 35.4 Å². The van der Waals surface area contributed by atoms with Crippen LogP contribution in [0.2, 0.25) is 0 Å². The number of aryl methyl sites for hydroxylation is 2. The van der Waals surface area contributed by atoms with Gasteiger partial charge in [-0.2, -0.15) is 0 Å². The molecular weight excluding hydrogens is 605 g/mol. The topological polar surface area (TPSA) is 25.8 Å². The maximum absolute atomic E-state index is 4.44. The van der Waals surface area contributed by atoms with Crippen LogP contribution in [0.4, 0.5) is 0 Å². The SMILES string of the molecule is C=CCc1cc[c-]c(-c2cc(C)ccn2)c1.CCCc1c[c-]c(-c2cc(C(C)C)ccn2)cc1.[Ir]. The van der Waals surface area contributed by atoms with Gasteiger partial charge < -0.3 is 9.97 Å². The van der Waals surface area contributed by atoms with Crippen LogP contribution in [0.1, 0.15) is 55.4 Å². The fourth-order valence-corrected chi connectivity index (χ4v) is 3.65. The number of nitrogens with zero attached hydrogens (tertiary/aromatic N) is 2. The Balaban J connectivity index is 0.000000241. The van der Waals surface area contributed by atoms with E-state index >= 15 is 0 Å². The molecule has 0 N–H and O–H groups in total. The second-order valence-corrected chi connectivity index (χ2v) is 8.81. The molecule has 0 spiro atoms. The van der Waals surface area contributed by atoms with Gasteiger partial charge in [0.05, 0.1) is 0 Å². The van der Waals surface area contributed by atoms with Gasteiger partial charge in [-0.05, 0) is 42.8 Å². The van der Waals surface area contributed by atoms with Crippen LogP contribution < -0.4 is 0 Å². The van der Waals surface area contributed by atoms with E-state index in [1.165, 1.54) is 28.7 Å². The van der Waals surface area contributed by atoms with Crippen molar-refractivity contribution in [1.82, 2.24) is 9.97 Å². The number of pyridine rings is 2. The van der Waals surface area contributed by atoms with Gasteiger partial charge in [-0.1, -0.05) is 62.9 Å². The molecule has 0 atom stereocenters. The van der Waals surface area contributed by atoms with Crippen molar-refractivity contribution in [3.63, 3.8) is 0 Å². The number of benzene rings is 2. The van der Waals surface area contributed by atoms with E-state index in [4.69, 9.17) is 0 Å². The summed E-state index contributed by atoms with van der Waals surface area (Å²) in [6, 6.07) is 27.4. The van der Waals surface area contributed by atoms with E-state index in [9.17, 15) is 0 Å². The number of aromatic nitrogens is 2. The molecule has 2 aromatic carbocycles. The maximum Gasteiger partial charge on any atom is 0.0163 e. The van der Waals surface area contributed by atoms with Gasteiger partial charge in [-0.25, -0.2) is 0 Å². The van der Waals surface area contributed by atoms with Gasteiger partial charge in [0.15, 0.2) is 0 Å². The zero-order valence-corrected chi connectivity index (χ0v) is 23.5. The van der Waals surface area contributed by atoms with Crippen LogP contribution in [0.5, 0.6) is 0 Å². The molecule has 0 saturated carbocycles. The predicted octanol–water partition coefficient (Wildman–Crippen LogP) is 8.21. The van der Waals surface area contributed by atoms with Crippen LogP contribution in [-0.2, 0) is 32.9 Å². The molecule has 0 amide bonds. The molecule has 2 nitrogen and oxygen atoms in total. The molecule has 0 aliphatic carbocycles. The molecule has 4 rings (SSSR count). The van der Waals surface area contributed by atoms with Gasteiger partial charge >= 0.3 is 0 Å². The Morgan fingerprint density at radius 3 is 2.26 bits per heavy atom. The van der Waals surface area contributed by atoms with Crippen molar-refractivity contribution < 1.29 is 20.1 Å². The van der Waals surface area contributed by atoms with E-state index in [0.29, 0.717) is 5.92 Å². The van der Waals surface area contributed by atoms with Crippen molar-refractivity contribution in [2.75, 3.05) is 0 Å². The molecule has 2 heterocycles. The number of rotatable bonds is 7. The standard InChI is InChI=1S/C17H20N.C15H14N.Ir/c1-4-5-14-6-8-15(9-7-14)17-12-16(13(2)3)10-11-18-17;1-3-5-13-6-4-7-14(11-13)15-10-12(2)8-9-16-15;/h6-8,10-13H,4-5H2,1-3H3;3-4,6,8-11H,1,5H2,2H3;/q2*-1;. The summed E-state index contributed by atoms with van der Waals surface area (Å²) in [5, 5.41) is 0. The van der Waals surface area contributed by atoms with Gasteiger partial charge in [0.25, 0.3) is 0 Å². The smallest absolute Gasteiger partial charge is 0.0163 e. The summed E-state index contributed by atoms with van der Waals surface area (Å²) in [5.74, 6) is 0.533. The first-order valence-corrected chi connectivity index (χ1v) is 12.0. The third kappa shape index (κ3) is 8.69. The van der Waals surface area contributed by atoms with Crippen molar-refractivity contribution in [3.8, 4) is 22.5 Å². The Hall–Kier alpha value is -2.87. The average molecular weight is 639 g/mol. The molecule has 0 aliphatic heterocycles. The quantitative estimate of drug-likeness (QED) is 0.151. The summed E-state index contributed by atoms with van der Waals surface area (Å²) < 4.78 is 0. The number of allylic oxidation sites excluding steroid dienone is 1. The third-order valence-electron chi connectivity index (χ3n) is 5.58. The van der Waals surface area contributed by atoms with Crippen LogP contribution in [0, 0.1) is 19.1 Å². The summed E-state index contributed by atoms with van der Waals surface area (Å²) in [6.07, 6.45) is 8.80. The molecule has 0 saturated heterocycles. The van der Waals surface area contributed by atoms with E-state index in [-0.39, 0.29) is 20.1 Å². The van der Waals surface area contributed by atoms with Crippen molar-refractivity contribution in [3.05, 3.63) is 120 Å². The molecule has 0 aliphatic rings. The first-order valence-electron chi connectivity index (χ1n) is 12.0.